The quantitative estimate of drug-likeness (QED) is 0.784. The molecule has 0 unspecified atom stereocenters. The first-order valence-electron chi connectivity index (χ1n) is 5.26. The summed E-state index contributed by atoms with van der Waals surface area (Å²) in [5.41, 5.74) is 0.726. The third kappa shape index (κ3) is 4.62. The van der Waals surface area contributed by atoms with Crippen LogP contribution < -0.4 is 4.74 Å². The fourth-order valence-electron chi connectivity index (χ4n) is 1.54. The first-order chi connectivity index (χ1) is 8.17. The van der Waals surface area contributed by atoms with Crippen LogP contribution in [0.25, 0.3) is 0 Å². The smallest absolute Gasteiger partial charge is 0.251 e. The number of pyridine rings is 1. The van der Waals surface area contributed by atoms with Gasteiger partial charge in [0.1, 0.15) is 0 Å². The Morgan fingerprint density at radius 3 is 2.88 bits per heavy atom. The van der Waals surface area contributed by atoms with Crippen molar-refractivity contribution in [2.45, 2.75) is 13.0 Å². The van der Waals surface area contributed by atoms with E-state index in [1.165, 1.54) is 12.0 Å². The molecule has 0 aliphatic rings. The Bertz CT molecular complexity index is 337. The van der Waals surface area contributed by atoms with E-state index < -0.39 is 6.43 Å². The van der Waals surface area contributed by atoms with Gasteiger partial charge in [-0.2, -0.15) is 0 Å². The average molecular weight is 246 g/mol. The summed E-state index contributed by atoms with van der Waals surface area (Å²) >= 11 is 0. The van der Waals surface area contributed by atoms with E-state index in [0.29, 0.717) is 5.88 Å². The van der Waals surface area contributed by atoms with Crippen LogP contribution in [0, 0.1) is 0 Å². The second-order valence-electron chi connectivity index (χ2n) is 3.52. The van der Waals surface area contributed by atoms with Crippen molar-refractivity contribution in [3.05, 3.63) is 23.9 Å². The van der Waals surface area contributed by atoms with Gasteiger partial charge in [0.2, 0.25) is 5.88 Å². The summed E-state index contributed by atoms with van der Waals surface area (Å²) in [5.74, 6) is 0.421. The molecule has 0 aliphatic carbocycles. The van der Waals surface area contributed by atoms with Crippen LogP contribution in [0.15, 0.2) is 18.3 Å². The monoisotopic (exact) mass is 246 g/mol. The van der Waals surface area contributed by atoms with Crippen molar-refractivity contribution in [3.63, 3.8) is 0 Å². The van der Waals surface area contributed by atoms with Crippen molar-refractivity contribution in [2.24, 2.45) is 0 Å². The molecular formula is C11H16F2N2O2. The summed E-state index contributed by atoms with van der Waals surface area (Å²) in [6, 6.07) is 3.49. The number of ether oxygens (including phenoxy) is 1. The van der Waals surface area contributed by atoms with Gasteiger partial charge in [-0.05, 0) is 6.07 Å². The maximum Gasteiger partial charge on any atom is 0.251 e. The predicted molar refractivity (Wildman–Crippen MR) is 59.2 cm³/mol. The molecule has 1 rings (SSSR count). The zero-order valence-corrected chi connectivity index (χ0v) is 9.64. The zero-order valence-electron chi connectivity index (χ0n) is 9.64. The van der Waals surface area contributed by atoms with E-state index in [0.717, 1.165) is 5.56 Å². The van der Waals surface area contributed by atoms with E-state index in [4.69, 9.17) is 9.84 Å². The lowest BCUT2D eigenvalue weighted by Crippen LogP contribution is -2.31. The Hall–Kier alpha value is -1.27. The third-order valence-corrected chi connectivity index (χ3v) is 2.25. The van der Waals surface area contributed by atoms with Crippen LogP contribution in [-0.4, -0.2) is 48.2 Å². The molecular weight excluding hydrogens is 230 g/mol. The largest absolute Gasteiger partial charge is 0.481 e. The topological polar surface area (TPSA) is 45.6 Å². The van der Waals surface area contributed by atoms with Gasteiger partial charge >= 0.3 is 0 Å². The van der Waals surface area contributed by atoms with Crippen molar-refractivity contribution in [3.8, 4) is 5.88 Å². The van der Waals surface area contributed by atoms with E-state index >= 15 is 0 Å². The molecule has 0 radical (unpaired) electrons. The molecule has 0 atom stereocenters. The lowest BCUT2D eigenvalue weighted by Gasteiger charge is -2.21. The molecule has 1 N–H and O–H groups in total. The van der Waals surface area contributed by atoms with Crippen LogP contribution in [0.2, 0.25) is 0 Å². The second-order valence-corrected chi connectivity index (χ2v) is 3.52. The number of halogens is 2. The lowest BCUT2D eigenvalue weighted by molar-refractivity contribution is 0.0741. The Morgan fingerprint density at radius 1 is 1.53 bits per heavy atom. The number of alkyl halides is 2. The molecule has 17 heavy (non-hydrogen) atoms. The first kappa shape index (κ1) is 13.8. The Morgan fingerprint density at radius 2 is 2.29 bits per heavy atom. The highest BCUT2D eigenvalue weighted by molar-refractivity contribution is 5.25. The molecule has 4 nitrogen and oxygen atoms in total. The summed E-state index contributed by atoms with van der Waals surface area (Å²) in [4.78, 5) is 5.45. The van der Waals surface area contributed by atoms with Gasteiger partial charge in [-0.25, -0.2) is 13.8 Å². The highest BCUT2D eigenvalue weighted by atomic mass is 19.3. The molecule has 96 valence electrons. The van der Waals surface area contributed by atoms with Crippen molar-refractivity contribution in [1.82, 2.24) is 9.88 Å². The minimum Gasteiger partial charge on any atom is -0.481 e. The van der Waals surface area contributed by atoms with Crippen molar-refractivity contribution in [2.75, 3.05) is 26.8 Å². The molecule has 0 saturated carbocycles. The van der Waals surface area contributed by atoms with Gasteiger partial charge < -0.3 is 9.84 Å². The Labute approximate surface area is 98.8 Å². The molecule has 1 aromatic rings. The summed E-state index contributed by atoms with van der Waals surface area (Å²) in [5, 5.41) is 8.82. The van der Waals surface area contributed by atoms with E-state index in [-0.39, 0.29) is 26.2 Å². The van der Waals surface area contributed by atoms with Crippen LogP contribution >= 0.6 is 0 Å². The van der Waals surface area contributed by atoms with Gasteiger partial charge in [-0.15, -0.1) is 0 Å². The van der Waals surface area contributed by atoms with E-state index in [1.807, 2.05) is 0 Å². The van der Waals surface area contributed by atoms with Crippen LogP contribution in [0.3, 0.4) is 0 Å². The van der Waals surface area contributed by atoms with Crippen molar-refractivity contribution in [1.29, 1.82) is 0 Å². The molecule has 0 aliphatic heterocycles. The molecule has 1 heterocycles. The number of aromatic nitrogens is 1. The minimum atomic E-state index is -2.43. The van der Waals surface area contributed by atoms with E-state index in [9.17, 15) is 8.78 Å². The minimum absolute atomic E-state index is 0.157. The Kier molecular flexibility index (Phi) is 5.79. The first-order valence-corrected chi connectivity index (χ1v) is 5.26. The van der Waals surface area contributed by atoms with Gasteiger partial charge in [0.25, 0.3) is 6.43 Å². The van der Waals surface area contributed by atoms with Crippen LogP contribution in [0.4, 0.5) is 8.78 Å². The van der Waals surface area contributed by atoms with Gasteiger partial charge in [0, 0.05) is 24.8 Å². The molecule has 0 spiro atoms. The summed E-state index contributed by atoms with van der Waals surface area (Å²) < 4.78 is 29.7. The van der Waals surface area contributed by atoms with Gasteiger partial charge in [0.15, 0.2) is 0 Å². The standard InChI is InChI=1S/C11H16F2N2O2/c1-17-11-9(3-2-4-14-11)7-15(5-6-16)8-10(12)13/h2-4,10,16H,5-8H2,1H3. The van der Waals surface area contributed by atoms with Crippen molar-refractivity contribution < 1.29 is 18.6 Å². The number of aliphatic hydroxyl groups excluding tert-OH is 1. The van der Waals surface area contributed by atoms with E-state index in [2.05, 4.69) is 4.98 Å². The molecule has 0 bridgehead atoms. The molecule has 0 fully saturated rings. The molecule has 0 amide bonds. The lowest BCUT2D eigenvalue weighted by atomic mass is 10.2. The summed E-state index contributed by atoms with van der Waals surface area (Å²) in [7, 11) is 1.48. The molecule has 0 saturated heterocycles. The van der Waals surface area contributed by atoms with Crippen LogP contribution in [-0.2, 0) is 6.54 Å². The van der Waals surface area contributed by atoms with Crippen molar-refractivity contribution >= 4 is 0 Å². The average Bonchev–Trinajstić information content (AvgIpc) is 2.29. The number of rotatable bonds is 7. The van der Waals surface area contributed by atoms with Crippen LogP contribution in [0.1, 0.15) is 5.56 Å². The highest BCUT2D eigenvalue weighted by Gasteiger charge is 2.14. The normalized spacial score (nSPS) is 11.2. The number of nitrogens with zero attached hydrogens (tertiary/aromatic N) is 2. The Balaban J connectivity index is 2.70. The summed E-state index contributed by atoms with van der Waals surface area (Å²) in [6.45, 7) is -0.0573. The fourth-order valence-corrected chi connectivity index (χ4v) is 1.54. The second kappa shape index (κ2) is 7.13. The zero-order chi connectivity index (χ0) is 12.7. The van der Waals surface area contributed by atoms with Gasteiger partial charge in [-0.1, -0.05) is 6.07 Å². The number of aliphatic hydroxyl groups is 1. The number of hydrogen-bond donors (Lipinski definition) is 1. The van der Waals surface area contributed by atoms with Gasteiger partial charge in [-0.3, -0.25) is 4.90 Å². The number of hydrogen-bond acceptors (Lipinski definition) is 4. The SMILES string of the molecule is COc1ncccc1CN(CCO)CC(F)F. The molecule has 6 heteroatoms. The molecule has 0 aromatic carbocycles. The summed E-state index contributed by atoms with van der Waals surface area (Å²) in [6.07, 6.45) is -0.851. The van der Waals surface area contributed by atoms with Gasteiger partial charge in [0.05, 0.1) is 20.3 Å². The maximum atomic E-state index is 12.3. The maximum absolute atomic E-state index is 12.3. The fraction of sp³-hybridized carbons (Fsp3) is 0.545. The highest BCUT2D eigenvalue weighted by Crippen LogP contribution is 2.16. The van der Waals surface area contributed by atoms with Crippen LogP contribution in [0.5, 0.6) is 5.88 Å². The molecule has 1 aromatic heterocycles. The predicted octanol–water partition coefficient (Wildman–Crippen LogP) is 1.15. The third-order valence-electron chi connectivity index (χ3n) is 2.25. The van der Waals surface area contributed by atoms with E-state index in [1.54, 1.807) is 18.3 Å². The number of methoxy groups -OCH3 is 1.